The Hall–Kier alpha value is -2.68. The van der Waals surface area contributed by atoms with Crippen LogP contribution >= 0.6 is 0 Å². The largest absolute Gasteiger partial charge is 0.496 e. The molecule has 3 rings (SSSR count). The molecular weight excluding hydrogens is 368 g/mol. The van der Waals surface area contributed by atoms with E-state index in [4.69, 9.17) is 4.74 Å². The maximum atomic E-state index is 12.4. The summed E-state index contributed by atoms with van der Waals surface area (Å²) in [6.07, 6.45) is 0.428. The highest BCUT2D eigenvalue weighted by Gasteiger charge is 2.29. The molecule has 8 nitrogen and oxygen atoms in total. The van der Waals surface area contributed by atoms with E-state index in [2.05, 4.69) is 20.6 Å². The van der Waals surface area contributed by atoms with Crippen molar-refractivity contribution in [3.05, 3.63) is 47.3 Å². The van der Waals surface area contributed by atoms with Crippen LogP contribution in [0.25, 0.3) is 0 Å². The number of amides is 1. The lowest BCUT2D eigenvalue weighted by Gasteiger charge is -2.13. The van der Waals surface area contributed by atoms with E-state index in [-0.39, 0.29) is 23.2 Å². The van der Waals surface area contributed by atoms with Gasteiger partial charge in [-0.15, -0.1) is 0 Å². The van der Waals surface area contributed by atoms with Crippen LogP contribution in [0.5, 0.6) is 5.75 Å². The number of rotatable bonds is 6. The first-order chi connectivity index (χ1) is 12.9. The van der Waals surface area contributed by atoms with Crippen LogP contribution < -0.4 is 15.4 Å². The number of ether oxygens (including phenoxy) is 1. The summed E-state index contributed by atoms with van der Waals surface area (Å²) in [7, 11) is -1.45. The zero-order valence-electron chi connectivity index (χ0n) is 15.2. The normalized spacial score (nSPS) is 18.1. The fourth-order valence-electron chi connectivity index (χ4n) is 2.96. The molecule has 0 aliphatic carbocycles. The number of benzene rings is 1. The molecule has 0 spiro atoms. The highest BCUT2D eigenvalue weighted by Crippen LogP contribution is 2.18. The highest BCUT2D eigenvalue weighted by molar-refractivity contribution is 7.91. The molecule has 9 heteroatoms. The zero-order valence-corrected chi connectivity index (χ0v) is 16.0. The molecule has 1 aromatic carbocycles. The summed E-state index contributed by atoms with van der Waals surface area (Å²) in [6, 6.07) is 8.79. The van der Waals surface area contributed by atoms with Crippen LogP contribution in [0.1, 0.15) is 28.2 Å². The summed E-state index contributed by atoms with van der Waals surface area (Å²) in [5.41, 5.74) is 1.78. The van der Waals surface area contributed by atoms with E-state index in [1.54, 1.807) is 20.1 Å². The van der Waals surface area contributed by atoms with Gasteiger partial charge in [-0.05, 0) is 25.5 Å². The van der Waals surface area contributed by atoms with Crippen LogP contribution in [0.3, 0.4) is 0 Å². The standard InChI is InChI=1S/C18H22N4O4S/c1-12-9-15(17(23)21-14-7-8-27(24,25)11-14)22-18(20-12)19-10-13-5-3-4-6-16(13)26-2/h3-6,9,14H,7-8,10-11H2,1-2H3,(H,21,23)(H,19,20,22). The van der Waals surface area contributed by atoms with Crippen LogP contribution in [0.4, 0.5) is 5.95 Å². The van der Waals surface area contributed by atoms with E-state index in [0.29, 0.717) is 24.6 Å². The Morgan fingerprint density at radius 2 is 2.07 bits per heavy atom. The lowest BCUT2D eigenvalue weighted by Crippen LogP contribution is -2.36. The molecule has 1 aromatic heterocycles. The predicted molar refractivity (Wildman–Crippen MR) is 102 cm³/mol. The molecule has 1 amide bonds. The number of anilines is 1. The van der Waals surface area contributed by atoms with Crippen LogP contribution in [0.2, 0.25) is 0 Å². The Bertz CT molecular complexity index is 946. The summed E-state index contributed by atoms with van der Waals surface area (Å²) < 4.78 is 28.4. The number of hydrogen-bond acceptors (Lipinski definition) is 7. The van der Waals surface area contributed by atoms with Gasteiger partial charge < -0.3 is 15.4 Å². The van der Waals surface area contributed by atoms with E-state index < -0.39 is 15.7 Å². The third-order valence-electron chi connectivity index (χ3n) is 4.28. The van der Waals surface area contributed by atoms with Crippen LogP contribution in [0.15, 0.2) is 30.3 Å². The maximum Gasteiger partial charge on any atom is 0.270 e. The minimum atomic E-state index is -3.06. The molecule has 2 N–H and O–H groups in total. The maximum absolute atomic E-state index is 12.4. The first-order valence-corrected chi connectivity index (χ1v) is 10.4. The van der Waals surface area contributed by atoms with Gasteiger partial charge in [0.15, 0.2) is 9.84 Å². The fourth-order valence-corrected chi connectivity index (χ4v) is 4.63. The van der Waals surface area contributed by atoms with Gasteiger partial charge in [-0.25, -0.2) is 18.4 Å². The van der Waals surface area contributed by atoms with Gasteiger partial charge in [0.25, 0.3) is 5.91 Å². The molecule has 144 valence electrons. The number of nitrogens with one attached hydrogen (secondary N) is 2. The van der Waals surface area contributed by atoms with Gasteiger partial charge in [0.1, 0.15) is 11.4 Å². The number of para-hydroxylation sites is 1. The molecule has 1 aliphatic heterocycles. The molecule has 1 saturated heterocycles. The number of sulfone groups is 1. The first kappa shape index (κ1) is 19.1. The van der Waals surface area contributed by atoms with Gasteiger partial charge in [-0.2, -0.15) is 0 Å². The Labute approximate surface area is 158 Å². The average Bonchev–Trinajstić information content (AvgIpc) is 2.98. The molecule has 2 heterocycles. The number of methoxy groups -OCH3 is 1. The lowest BCUT2D eigenvalue weighted by molar-refractivity contribution is 0.0936. The van der Waals surface area contributed by atoms with E-state index >= 15 is 0 Å². The smallest absolute Gasteiger partial charge is 0.270 e. The van der Waals surface area contributed by atoms with Gasteiger partial charge in [-0.3, -0.25) is 4.79 Å². The summed E-state index contributed by atoms with van der Waals surface area (Å²) in [6.45, 7) is 2.21. The van der Waals surface area contributed by atoms with Gasteiger partial charge in [0.2, 0.25) is 5.95 Å². The molecule has 1 aliphatic rings. The van der Waals surface area contributed by atoms with Crippen LogP contribution in [0, 0.1) is 6.92 Å². The number of nitrogens with zero attached hydrogens (tertiary/aromatic N) is 2. The second-order valence-electron chi connectivity index (χ2n) is 6.46. The first-order valence-electron chi connectivity index (χ1n) is 8.59. The molecule has 27 heavy (non-hydrogen) atoms. The van der Waals surface area contributed by atoms with Crippen molar-refractivity contribution in [1.82, 2.24) is 15.3 Å². The molecular formula is C18H22N4O4S. The van der Waals surface area contributed by atoms with Crippen molar-refractivity contribution in [2.45, 2.75) is 25.9 Å². The van der Waals surface area contributed by atoms with Crippen molar-refractivity contribution in [3.8, 4) is 5.75 Å². The van der Waals surface area contributed by atoms with E-state index in [9.17, 15) is 13.2 Å². The topological polar surface area (TPSA) is 110 Å². The predicted octanol–water partition coefficient (Wildman–Crippen LogP) is 1.32. The minimum absolute atomic E-state index is 0.0261. The minimum Gasteiger partial charge on any atom is -0.496 e. The fraction of sp³-hybridized carbons (Fsp3) is 0.389. The second-order valence-corrected chi connectivity index (χ2v) is 8.69. The summed E-state index contributed by atoms with van der Waals surface area (Å²) in [4.78, 5) is 21.0. The van der Waals surface area contributed by atoms with Crippen molar-refractivity contribution in [3.63, 3.8) is 0 Å². The van der Waals surface area contributed by atoms with Gasteiger partial charge in [0.05, 0.1) is 18.6 Å². The SMILES string of the molecule is COc1ccccc1CNc1nc(C)cc(C(=O)NC2CCS(=O)(=O)C2)n1. The molecule has 2 aromatic rings. The van der Waals surface area contributed by atoms with Gasteiger partial charge >= 0.3 is 0 Å². The monoisotopic (exact) mass is 390 g/mol. The van der Waals surface area contributed by atoms with Crippen molar-refractivity contribution < 1.29 is 17.9 Å². The lowest BCUT2D eigenvalue weighted by atomic mass is 10.2. The Kier molecular flexibility index (Phi) is 5.59. The summed E-state index contributed by atoms with van der Waals surface area (Å²) >= 11 is 0. The number of aryl methyl sites for hydroxylation is 1. The number of aromatic nitrogens is 2. The molecule has 1 unspecified atom stereocenters. The molecule has 0 bridgehead atoms. The Morgan fingerprint density at radius 3 is 2.78 bits per heavy atom. The Morgan fingerprint density at radius 1 is 1.30 bits per heavy atom. The third kappa shape index (κ3) is 4.94. The number of carbonyl (C=O) groups excluding carboxylic acids is 1. The number of carbonyl (C=O) groups is 1. The number of hydrogen-bond donors (Lipinski definition) is 2. The third-order valence-corrected chi connectivity index (χ3v) is 6.05. The van der Waals surface area contributed by atoms with Crippen molar-refractivity contribution in [2.75, 3.05) is 23.9 Å². The van der Waals surface area contributed by atoms with Crippen LogP contribution in [-0.2, 0) is 16.4 Å². The van der Waals surface area contributed by atoms with Crippen molar-refractivity contribution >= 4 is 21.7 Å². The van der Waals surface area contributed by atoms with Crippen molar-refractivity contribution in [1.29, 1.82) is 0 Å². The molecule has 0 saturated carbocycles. The second kappa shape index (κ2) is 7.91. The van der Waals surface area contributed by atoms with E-state index in [1.807, 2.05) is 24.3 Å². The van der Waals surface area contributed by atoms with E-state index in [0.717, 1.165) is 11.3 Å². The van der Waals surface area contributed by atoms with Crippen molar-refractivity contribution in [2.24, 2.45) is 0 Å². The summed E-state index contributed by atoms with van der Waals surface area (Å²) in [5, 5.41) is 5.84. The van der Waals surface area contributed by atoms with Gasteiger partial charge in [-0.1, -0.05) is 18.2 Å². The molecule has 1 fully saturated rings. The highest BCUT2D eigenvalue weighted by atomic mass is 32.2. The van der Waals surface area contributed by atoms with Crippen LogP contribution in [-0.4, -0.2) is 49.0 Å². The summed E-state index contributed by atoms with van der Waals surface area (Å²) in [5.74, 6) is 0.750. The molecule has 1 atom stereocenters. The zero-order chi connectivity index (χ0) is 19.4. The van der Waals surface area contributed by atoms with Gasteiger partial charge in [0, 0.05) is 23.8 Å². The molecule has 0 radical (unpaired) electrons. The average molecular weight is 390 g/mol. The quantitative estimate of drug-likeness (QED) is 0.765. The Balaban J connectivity index is 1.69. The van der Waals surface area contributed by atoms with E-state index in [1.165, 1.54) is 0 Å².